The number of unbranched alkanes of at least 4 members (excludes halogenated alkanes) is 6. The largest absolute Gasteiger partial charge is 0.465 e. The maximum Gasteiger partial charge on any atom is 0.343 e. The lowest BCUT2D eigenvalue weighted by molar-refractivity contribution is 0.0589. The van der Waals surface area contributed by atoms with Crippen molar-refractivity contribution in [1.29, 1.82) is 0 Å². The van der Waals surface area contributed by atoms with Gasteiger partial charge in [-0.1, -0.05) is 49.4 Å². The van der Waals surface area contributed by atoms with E-state index in [0.717, 1.165) is 79.6 Å². The van der Waals surface area contributed by atoms with Crippen LogP contribution in [0.1, 0.15) is 105 Å². The first-order chi connectivity index (χ1) is 29.3. The highest BCUT2D eigenvalue weighted by molar-refractivity contribution is 7.99. The van der Waals surface area contributed by atoms with Gasteiger partial charge >= 0.3 is 17.9 Å². The number of benzene rings is 5. The molecule has 0 radical (unpaired) electrons. The summed E-state index contributed by atoms with van der Waals surface area (Å²) in [4.78, 5) is 41.2. The summed E-state index contributed by atoms with van der Waals surface area (Å²) in [6.07, 6.45) is 8.32. The molecule has 10 heteroatoms. The SMILES string of the molecule is COC(=O)c1cc(OC(=O)c2ccc(C#Cc3ccc(SCCCCCCO)cc3)cc2)ccc1OC(=O)c1ccc(C#Cc2ccc(SCCCCCCO)cc2)cc1. The number of carbonyl (C=O) groups excluding carboxylic acids is 3. The van der Waals surface area contributed by atoms with Crippen LogP contribution in [-0.4, -0.2) is 60.0 Å². The van der Waals surface area contributed by atoms with Gasteiger partial charge in [0, 0.05) is 45.3 Å². The van der Waals surface area contributed by atoms with Gasteiger partial charge in [0.2, 0.25) is 0 Å². The van der Waals surface area contributed by atoms with Crippen molar-refractivity contribution in [3.8, 4) is 35.2 Å². The smallest absolute Gasteiger partial charge is 0.343 e. The van der Waals surface area contributed by atoms with Crippen molar-refractivity contribution in [2.75, 3.05) is 31.8 Å². The third-order valence-corrected chi connectivity index (χ3v) is 11.3. The summed E-state index contributed by atoms with van der Waals surface area (Å²) in [5.74, 6) is 12.5. The number of aliphatic hydroxyl groups is 2. The van der Waals surface area contributed by atoms with Crippen molar-refractivity contribution >= 4 is 41.4 Å². The van der Waals surface area contributed by atoms with Gasteiger partial charge in [-0.15, -0.1) is 23.5 Å². The van der Waals surface area contributed by atoms with Crippen LogP contribution in [0.3, 0.4) is 0 Å². The summed E-state index contributed by atoms with van der Waals surface area (Å²) in [6.45, 7) is 0.514. The Labute approximate surface area is 361 Å². The highest BCUT2D eigenvalue weighted by atomic mass is 32.2. The Morgan fingerprint density at radius 1 is 0.483 bits per heavy atom. The molecule has 0 amide bonds. The average Bonchev–Trinajstić information content (AvgIpc) is 3.28. The molecule has 8 nitrogen and oxygen atoms in total. The molecule has 60 heavy (non-hydrogen) atoms. The summed E-state index contributed by atoms with van der Waals surface area (Å²) in [7, 11) is 1.20. The van der Waals surface area contributed by atoms with Gasteiger partial charge < -0.3 is 24.4 Å². The van der Waals surface area contributed by atoms with Gasteiger partial charge in [0.1, 0.15) is 17.1 Å². The lowest BCUT2D eigenvalue weighted by Gasteiger charge is -2.11. The van der Waals surface area contributed by atoms with Gasteiger partial charge in [0.15, 0.2) is 0 Å². The van der Waals surface area contributed by atoms with Gasteiger partial charge in [-0.05, 0) is 152 Å². The monoisotopic (exact) mass is 840 g/mol. The van der Waals surface area contributed by atoms with E-state index in [4.69, 9.17) is 24.4 Å². The molecule has 0 aromatic heterocycles. The first-order valence-corrected chi connectivity index (χ1v) is 21.9. The summed E-state index contributed by atoms with van der Waals surface area (Å²) in [5, 5.41) is 17.8. The number of rotatable bonds is 19. The molecule has 0 saturated heterocycles. The molecule has 0 fully saturated rings. The topological polar surface area (TPSA) is 119 Å². The van der Waals surface area contributed by atoms with Gasteiger partial charge in [-0.25, -0.2) is 14.4 Å². The molecule has 0 aliphatic carbocycles. The standard InChI is InChI=1S/C50H48O8S2/c1-56-50(55)46-36-43(57-48(53)41-22-14-37(15-23-41)10-12-39-18-27-44(28-19-39)59-34-8-4-2-6-32-51)26-31-47(46)58-49(54)42-24-16-38(17-25-42)11-13-40-20-29-45(30-21-40)60-35-9-5-3-7-33-52/h14-31,36,51-52H,2-9,32-35H2,1H3. The van der Waals surface area contributed by atoms with Crippen molar-refractivity contribution in [3.05, 3.63) is 154 Å². The third-order valence-electron chi connectivity index (χ3n) is 9.06. The second-order valence-corrected chi connectivity index (χ2v) is 15.9. The Bertz CT molecular complexity index is 2280. The van der Waals surface area contributed by atoms with Gasteiger partial charge in [-0.2, -0.15) is 0 Å². The van der Waals surface area contributed by atoms with E-state index in [1.54, 1.807) is 48.5 Å². The minimum absolute atomic E-state index is 0.0551. The lowest BCUT2D eigenvalue weighted by atomic mass is 10.1. The fraction of sp³-hybridized carbons (Fsp3) is 0.260. The second kappa shape index (κ2) is 25.0. The predicted octanol–water partition coefficient (Wildman–Crippen LogP) is 10.0. The molecule has 0 unspecified atom stereocenters. The molecular weight excluding hydrogens is 793 g/mol. The molecule has 0 aliphatic heterocycles. The molecule has 5 aromatic carbocycles. The van der Waals surface area contributed by atoms with Crippen molar-refractivity contribution in [1.82, 2.24) is 0 Å². The molecule has 308 valence electrons. The van der Waals surface area contributed by atoms with Crippen molar-refractivity contribution < 1.29 is 38.8 Å². The van der Waals surface area contributed by atoms with E-state index in [1.807, 2.05) is 47.8 Å². The molecule has 0 atom stereocenters. The van der Waals surface area contributed by atoms with Crippen molar-refractivity contribution in [2.45, 2.75) is 61.2 Å². The maximum atomic E-state index is 13.1. The summed E-state index contributed by atoms with van der Waals surface area (Å²) in [5.41, 5.74) is 3.64. The molecule has 0 heterocycles. The summed E-state index contributed by atoms with van der Waals surface area (Å²) >= 11 is 3.62. The van der Waals surface area contributed by atoms with Crippen LogP contribution in [0.25, 0.3) is 0 Å². The van der Waals surface area contributed by atoms with Crippen molar-refractivity contribution in [3.63, 3.8) is 0 Å². The Morgan fingerprint density at radius 2 is 0.883 bits per heavy atom. The van der Waals surface area contributed by atoms with E-state index in [2.05, 4.69) is 47.9 Å². The number of methoxy groups -OCH3 is 1. The molecular formula is C50H48O8S2. The number of ether oxygens (including phenoxy) is 3. The Morgan fingerprint density at radius 3 is 1.30 bits per heavy atom. The molecule has 0 bridgehead atoms. The molecule has 0 aliphatic rings. The van der Waals surface area contributed by atoms with E-state index in [0.29, 0.717) is 5.56 Å². The fourth-order valence-corrected chi connectivity index (χ4v) is 7.53. The predicted molar refractivity (Wildman–Crippen MR) is 238 cm³/mol. The minimum atomic E-state index is -0.774. The molecule has 5 aromatic rings. The van der Waals surface area contributed by atoms with Crippen LogP contribution in [0.15, 0.2) is 125 Å². The third kappa shape index (κ3) is 15.1. The number of carbonyl (C=O) groups is 3. The van der Waals surface area contributed by atoms with Gasteiger partial charge in [0.25, 0.3) is 0 Å². The van der Waals surface area contributed by atoms with Crippen LogP contribution in [0, 0.1) is 23.7 Å². The Kier molecular flexibility index (Phi) is 18.9. The number of esters is 3. The zero-order valence-corrected chi connectivity index (χ0v) is 35.2. The molecule has 0 saturated carbocycles. The van der Waals surface area contributed by atoms with Crippen LogP contribution in [0.4, 0.5) is 0 Å². The van der Waals surface area contributed by atoms with Crippen LogP contribution < -0.4 is 9.47 Å². The van der Waals surface area contributed by atoms with E-state index in [-0.39, 0.29) is 41.4 Å². The quantitative estimate of drug-likeness (QED) is 0.0274. The van der Waals surface area contributed by atoms with Crippen LogP contribution >= 0.6 is 23.5 Å². The molecule has 5 rings (SSSR count). The average molecular weight is 841 g/mol. The zero-order chi connectivity index (χ0) is 42.4. The fourth-order valence-electron chi connectivity index (χ4n) is 5.71. The van der Waals surface area contributed by atoms with Crippen molar-refractivity contribution in [2.24, 2.45) is 0 Å². The first kappa shape index (κ1) is 45.3. The Balaban J connectivity index is 1.12. The van der Waals surface area contributed by atoms with E-state index >= 15 is 0 Å². The zero-order valence-electron chi connectivity index (χ0n) is 33.6. The maximum absolute atomic E-state index is 13.1. The van der Waals surface area contributed by atoms with Crippen LogP contribution in [0.5, 0.6) is 11.5 Å². The second-order valence-electron chi connectivity index (χ2n) is 13.6. The number of thioether (sulfide) groups is 2. The normalized spacial score (nSPS) is 10.4. The lowest BCUT2D eigenvalue weighted by Crippen LogP contribution is -2.13. The first-order valence-electron chi connectivity index (χ1n) is 19.9. The van der Waals surface area contributed by atoms with Gasteiger partial charge in [0.05, 0.1) is 18.2 Å². The van der Waals surface area contributed by atoms with Crippen LogP contribution in [0.2, 0.25) is 0 Å². The summed E-state index contributed by atoms with van der Waals surface area (Å²) < 4.78 is 16.1. The molecule has 0 spiro atoms. The van der Waals surface area contributed by atoms with E-state index < -0.39 is 17.9 Å². The highest BCUT2D eigenvalue weighted by Gasteiger charge is 2.20. The van der Waals surface area contributed by atoms with Crippen LogP contribution in [-0.2, 0) is 4.74 Å². The Hall–Kier alpha value is -5.75. The van der Waals surface area contributed by atoms with Gasteiger partial charge in [-0.3, -0.25) is 0 Å². The number of aliphatic hydroxyl groups excluding tert-OH is 2. The van der Waals surface area contributed by atoms with E-state index in [1.165, 1.54) is 35.1 Å². The number of hydrogen-bond donors (Lipinski definition) is 2. The highest BCUT2D eigenvalue weighted by Crippen LogP contribution is 2.27. The minimum Gasteiger partial charge on any atom is -0.465 e. The number of hydrogen-bond acceptors (Lipinski definition) is 10. The van der Waals surface area contributed by atoms with E-state index in [9.17, 15) is 14.4 Å². The molecule has 2 N–H and O–H groups in total. The summed E-state index contributed by atoms with van der Waals surface area (Å²) in [6, 6.07) is 33.6.